The molecule has 1 aromatic carbocycles. The predicted octanol–water partition coefficient (Wildman–Crippen LogP) is 3.46. The van der Waals surface area contributed by atoms with Gasteiger partial charge in [0.05, 0.1) is 12.7 Å². The molecule has 1 N–H and O–H groups in total. The van der Waals surface area contributed by atoms with Gasteiger partial charge in [-0.15, -0.1) is 0 Å². The minimum atomic E-state index is -0.179. The van der Waals surface area contributed by atoms with Crippen molar-refractivity contribution in [3.63, 3.8) is 0 Å². The van der Waals surface area contributed by atoms with E-state index in [1.165, 1.54) is 38.4 Å². The van der Waals surface area contributed by atoms with Gasteiger partial charge < -0.3 is 4.74 Å². The lowest BCUT2D eigenvalue weighted by Crippen LogP contribution is -2.26. The molecule has 0 aromatic heterocycles. The zero-order chi connectivity index (χ0) is 17.4. The van der Waals surface area contributed by atoms with E-state index < -0.39 is 0 Å². The summed E-state index contributed by atoms with van der Waals surface area (Å²) in [5.41, 5.74) is 3.68. The fourth-order valence-corrected chi connectivity index (χ4v) is 3.01. The van der Waals surface area contributed by atoms with Crippen molar-refractivity contribution < 1.29 is 14.4 Å². The van der Waals surface area contributed by atoms with Crippen molar-refractivity contribution in [1.82, 2.24) is 10.4 Å². The van der Waals surface area contributed by atoms with Crippen molar-refractivity contribution in [2.24, 2.45) is 0 Å². The maximum absolute atomic E-state index is 10.8. The molecule has 5 heteroatoms. The highest BCUT2D eigenvalue weighted by molar-refractivity contribution is 5.71. The third-order valence-electron chi connectivity index (χ3n) is 4.46. The SMILES string of the molecule is CC(=O)NOC(C)CCCOc1cccc(C(C)N2CCCC2)c1. The number of likely N-dealkylation sites (tertiary alicyclic amines) is 1. The lowest BCUT2D eigenvalue weighted by atomic mass is 10.1. The Balaban J connectivity index is 1.73. The predicted molar refractivity (Wildman–Crippen MR) is 94.8 cm³/mol. The Kier molecular flexibility index (Phi) is 7.53. The number of nitrogens with one attached hydrogen (secondary N) is 1. The Morgan fingerprint density at radius 2 is 2.04 bits per heavy atom. The van der Waals surface area contributed by atoms with Crippen LogP contribution in [0.3, 0.4) is 0 Å². The van der Waals surface area contributed by atoms with E-state index in [4.69, 9.17) is 9.57 Å². The number of carbonyl (C=O) groups excluding carboxylic acids is 1. The average molecular weight is 334 g/mol. The van der Waals surface area contributed by atoms with Crippen LogP contribution in [0.4, 0.5) is 0 Å². The molecular formula is C19H30N2O3. The van der Waals surface area contributed by atoms with Gasteiger partial charge in [0, 0.05) is 13.0 Å². The number of carbonyl (C=O) groups is 1. The summed E-state index contributed by atoms with van der Waals surface area (Å²) in [5, 5.41) is 0. The van der Waals surface area contributed by atoms with Gasteiger partial charge in [-0.1, -0.05) is 12.1 Å². The lowest BCUT2D eigenvalue weighted by molar-refractivity contribution is -0.135. The minimum Gasteiger partial charge on any atom is -0.494 e. The van der Waals surface area contributed by atoms with E-state index >= 15 is 0 Å². The maximum atomic E-state index is 10.8. The summed E-state index contributed by atoms with van der Waals surface area (Å²) in [4.78, 5) is 18.5. The molecule has 0 aliphatic carbocycles. The highest BCUT2D eigenvalue weighted by atomic mass is 16.7. The van der Waals surface area contributed by atoms with Crippen LogP contribution in [0.5, 0.6) is 5.75 Å². The molecule has 0 radical (unpaired) electrons. The van der Waals surface area contributed by atoms with E-state index in [1.54, 1.807) is 0 Å². The summed E-state index contributed by atoms with van der Waals surface area (Å²) in [6.07, 6.45) is 4.31. The molecule has 1 saturated heterocycles. The first-order valence-corrected chi connectivity index (χ1v) is 8.95. The third kappa shape index (κ3) is 6.13. The molecule has 2 unspecified atom stereocenters. The lowest BCUT2D eigenvalue weighted by Gasteiger charge is -2.24. The number of amides is 1. The quantitative estimate of drug-likeness (QED) is 0.555. The zero-order valence-corrected chi connectivity index (χ0v) is 15.1. The maximum Gasteiger partial charge on any atom is 0.240 e. The van der Waals surface area contributed by atoms with E-state index in [-0.39, 0.29) is 12.0 Å². The fourth-order valence-electron chi connectivity index (χ4n) is 3.01. The van der Waals surface area contributed by atoms with E-state index in [0.717, 1.165) is 18.6 Å². The van der Waals surface area contributed by atoms with Crippen LogP contribution in [-0.2, 0) is 9.63 Å². The molecule has 0 saturated carbocycles. The summed E-state index contributed by atoms with van der Waals surface area (Å²) < 4.78 is 5.87. The molecule has 0 bridgehead atoms. The van der Waals surface area contributed by atoms with Crippen LogP contribution in [0.2, 0.25) is 0 Å². The second-order valence-electron chi connectivity index (χ2n) is 6.57. The Bertz CT molecular complexity index is 515. The molecule has 1 fully saturated rings. The van der Waals surface area contributed by atoms with Crippen LogP contribution in [0.25, 0.3) is 0 Å². The molecule has 1 aliphatic heterocycles. The molecule has 1 amide bonds. The van der Waals surface area contributed by atoms with E-state index in [2.05, 4.69) is 35.5 Å². The van der Waals surface area contributed by atoms with Crippen molar-refractivity contribution in [2.45, 2.75) is 58.6 Å². The monoisotopic (exact) mass is 334 g/mol. The van der Waals surface area contributed by atoms with Crippen LogP contribution >= 0.6 is 0 Å². The molecule has 1 aromatic rings. The van der Waals surface area contributed by atoms with Crippen molar-refractivity contribution in [3.05, 3.63) is 29.8 Å². The highest BCUT2D eigenvalue weighted by Crippen LogP contribution is 2.27. The normalized spacial score (nSPS) is 17.5. The van der Waals surface area contributed by atoms with Crippen LogP contribution in [0.15, 0.2) is 24.3 Å². The van der Waals surface area contributed by atoms with Gasteiger partial charge in [-0.3, -0.25) is 14.5 Å². The van der Waals surface area contributed by atoms with E-state index in [9.17, 15) is 4.79 Å². The summed E-state index contributed by atoms with van der Waals surface area (Å²) in [5.74, 6) is 0.746. The number of hydrogen-bond acceptors (Lipinski definition) is 4. The number of ether oxygens (including phenoxy) is 1. The third-order valence-corrected chi connectivity index (χ3v) is 4.46. The van der Waals surface area contributed by atoms with Gasteiger partial charge in [0.1, 0.15) is 5.75 Å². The molecule has 24 heavy (non-hydrogen) atoms. The molecule has 1 heterocycles. The summed E-state index contributed by atoms with van der Waals surface area (Å²) >= 11 is 0. The van der Waals surface area contributed by atoms with Gasteiger partial charge in [-0.25, -0.2) is 5.48 Å². The van der Waals surface area contributed by atoms with Crippen molar-refractivity contribution in [1.29, 1.82) is 0 Å². The second kappa shape index (κ2) is 9.64. The van der Waals surface area contributed by atoms with Gasteiger partial charge >= 0.3 is 0 Å². The molecule has 5 nitrogen and oxygen atoms in total. The fraction of sp³-hybridized carbons (Fsp3) is 0.632. The molecular weight excluding hydrogens is 304 g/mol. The van der Waals surface area contributed by atoms with Crippen LogP contribution < -0.4 is 10.2 Å². The Morgan fingerprint density at radius 1 is 1.29 bits per heavy atom. The zero-order valence-electron chi connectivity index (χ0n) is 15.1. The van der Waals surface area contributed by atoms with Crippen molar-refractivity contribution in [3.8, 4) is 5.75 Å². The molecule has 2 atom stereocenters. The van der Waals surface area contributed by atoms with Gasteiger partial charge in [0.25, 0.3) is 0 Å². The smallest absolute Gasteiger partial charge is 0.240 e. The standard InChI is InChI=1S/C19H30N2O3/c1-15(24-20-17(3)22)8-7-13-23-19-10-6-9-18(14-19)16(2)21-11-4-5-12-21/h6,9-10,14-16H,4-5,7-8,11-13H2,1-3H3,(H,20,22). The van der Waals surface area contributed by atoms with E-state index in [1.807, 2.05) is 13.0 Å². The first-order chi connectivity index (χ1) is 11.6. The minimum absolute atomic E-state index is 0.0148. The van der Waals surface area contributed by atoms with E-state index in [0.29, 0.717) is 12.6 Å². The first-order valence-electron chi connectivity index (χ1n) is 8.95. The van der Waals surface area contributed by atoms with Gasteiger partial charge in [0.2, 0.25) is 5.91 Å². The summed E-state index contributed by atoms with van der Waals surface area (Å²) in [7, 11) is 0. The van der Waals surface area contributed by atoms with Gasteiger partial charge in [-0.2, -0.15) is 0 Å². The largest absolute Gasteiger partial charge is 0.494 e. The highest BCUT2D eigenvalue weighted by Gasteiger charge is 2.19. The number of hydrogen-bond donors (Lipinski definition) is 1. The molecule has 2 rings (SSSR count). The van der Waals surface area contributed by atoms with Crippen LogP contribution in [-0.4, -0.2) is 36.6 Å². The van der Waals surface area contributed by atoms with Crippen molar-refractivity contribution in [2.75, 3.05) is 19.7 Å². The number of hydroxylamine groups is 1. The van der Waals surface area contributed by atoms with Crippen LogP contribution in [0.1, 0.15) is 58.1 Å². The summed E-state index contributed by atoms with van der Waals surface area (Å²) in [6.45, 7) is 8.68. The van der Waals surface area contributed by atoms with Crippen LogP contribution in [0, 0.1) is 0 Å². The Hall–Kier alpha value is -1.59. The van der Waals surface area contributed by atoms with Crippen molar-refractivity contribution >= 4 is 5.91 Å². The van der Waals surface area contributed by atoms with Gasteiger partial charge in [-0.05, 0) is 70.3 Å². The van der Waals surface area contributed by atoms with Gasteiger partial charge in [0.15, 0.2) is 0 Å². The first kappa shape index (κ1) is 18.7. The molecule has 1 aliphatic rings. The number of rotatable bonds is 9. The Labute approximate surface area is 145 Å². The molecule has 134 valence electrons. The topological polar surface area (TPSA) is 50.8 Å². The number of benzene rings is 1. The Morgan fingerprint density at radius 3 is 2.75 bits per heavy atom. The number of nitrogens with zero attached hydrogens (tertiary/aromatic N) is 1. The second-order valence-corrected chi connectivity index (χ2v) is 6.57. The molecule has 0 spiro atoms. The summed E-state index contributed by atoms with van der Waals surface area (Å²) in [6, 6.07) is 8.86. The average Bonchev–Trinajstić information content (AvgIpc) is 3.11.